The average Bonchev–Trinajstić information content (AvgIpc) is 2.27. The van der Waals surface area contributed by atoms with Crippen LogP contribution in [0, 0.1) is 6.92 Å². The summed E-state index contributed by atoms with van der Waals surface area (Å²) in [5.41, 5.74) is 0.945. The zero-order valence-corrected chi connectivity index (χ0v) is 10.7. The standard InChI is InChI=1S/C13H15NO2S/c1-3-14-17(15,16)13-9-10(2)8-11-6-4-5-7-12(11)13/h4-9,14H,3H2,1-2H3. The lowest BCUT2D eigenvalue weighted by Gasteiger charge is -2.09. The van der Waals surface area contributed by atoms with E-state index in [4.69, 9.17) is 0 Å². The van der Waals surface area contributed by atoms with E-state index in [0.29, 0.717) is 11.4 Å². The Balaban J connectivity index is 2.77. The lowest BCUT2D eigenvalue weighted by molar-refractivity contribution is 0.585. The van der Waals surface area contributed by atoms with Crippen LogP contribution in [-0.4, -0.2) is 15.0 Å². The predicted octanol–water partition coefficient (Wildman–Crippen LogP) is 2.45. The van der Waals surface area contributed by atoms with E-state index >= 15 is 0 Å². The van der Waals surface area contributed by atoms with Crippen LogP contribution < -0.4 is 4.72 Å². The SMILES string of the molecule is CCNS(=O)(=O)c1cc(C)cc2ccccc12. The van der Waals surface area contributed by atoms with Gasteiger partial charge in [0.15, 0.2) is 0 Å². The molecule has 0 heterocycles. The lowest BCUT2D eigenvalue weighted by Crippen LogP contribution is -2.23. The molecule has 0 bridgehead atoms. The Bertz CT molecular complexity index is 648. The van der Waals surface area contributed by atoms with Crippen molar-refractivity contribution in [3.8, 4) is 0 Å². The molecule has 0 amide bonds. The monoisotopic (exact) mass is 249 g/mol. The number of fused-ring (bicyclic) bond motifs is 1. The minimum atomic E-state index is -3.41. The molecule has 1 N–H and O–H groups in total. The van der Waals surface area contributed by atoms with Crippen LogP contribution in [0.15, 0.2) is 41.3 Å². The van der Waals surface area contributed by atoms with E-state index < -0.39 is 10.0 Å². The normalized spacial score (nSPS) is 11.9. The summed E-state index contributed by atoms with van der Waals surface area (Å²) < 4.78 is 26.7. The molecule has 0 aliphatic rings. The number of hydrogen-bond acceptors (Lipinski definition) is 2. The Morgan fingerprint density at radius 3 is 2.59 bits per heavy atom. The zero-order chi connectivity index (χ0) is 12.5. The summed E-state index contributed by atoms with van der Waals surface area (Å²) in [7, 11) is -3.41. The summed E-state index contributed by atoms with van der Waals surface area (Å²) in [5, 5.41) is 1.71. The van der Waals surface area contributed by atoms with Crippen LogP contribution >= 0.6 is 0 Å². The Kier molecular flexibility index (Phi) is 3.17. The number of hydrogen-bond donors (Lipinski definition) is 1. The lowest BCUT2D eigenvalue weighted by atomic mass is 10.1. The van der Waals surface area contributed by atoms with Crippen LogP contribution in [0.4, 0.5) is 0 Å². The van der Waals surface area contributed by atoms with Gasteiger partial charge >= 0.3 is 0 Å². The molecule has 0 fully saturated rings. The minimum Gasteiger partial charge on any atom is -0.211 e. The quantitative estimate of drug-likeness (QED) is 0.908. The van der Waals surface area contributed by atoms with Gasteiger partial charge in [-0.2, -0.15) is 0 Å². The van der Waals surface area contributed by atoms with Crippen molar-refractivity contribution in [3.63, 3.8) is 0 Å². The number of benzene rings is 2. The topological polar surface area (TPSA) is 46.2 Å². The van der Waals surface area contributed by atoms with Crippen molar-refractivity contribution in [3.05, 3.63) is 42.0 Å². The smallest absolute Gasteiger partial charge is 0.211 e. The summed E-state index contributed by atoms with van der Waals surface area (Å²) >= 11 is 0. The van der Waals surface area contributed by atoms with Gasteiger partial charge in [-0.3, -0.25) is 0 Å². The second-order valence-electron chi connectivity index (χ2n) is 3.99. The zero-order valence-electron chi connectivity index (χ0n) is 9.90. The fourth-order valence-electron chi connectivity index (χ4n) is 1.91. The highest BCUT2D eigenvalue weighted by atomic mass is 32.2. The molecule has 0 aromatic heterocycles. The van der Waals surface area contributed by atoms with Crippen molar-refractivity contribution in [2.24, 2.45) is 0 Å². The summed E-state index contributed by atoms with van der Waals surface area (Å²) in [6.45, 7) is 4.07. The van der Waals surface area contributed by atoms with Gasteiger partial charge < -0.3 is 0 Å². The molecule has 2 aromatic rings. The minimum absolute atomic E-state index is 0.356. The first-order valence-corrected chi connectivity index (χ1v) is 7.02. The molecule has 0 unspecified atom stereocenters. The third-order valence-electron chi connectivity index (χ3n) is 2.59. The highest BCUT2D eigenvalue weighted by Gasteiger charge is 2.16. The van der Waals surface area contributed by atoms with Gasteiger partial charge in [-0.25, -0.2) is 13.1 Å². The van der Waals surface area contributed by atoms with Crippen molar-refractivity contribution < 1.29 is 8.42 Å². The fourth-order valence-corrected chi connectivity index (χ4v) is 3.26. The molecule has 0 saturated carbocycles. The molecule has 2 rings (SSSR count). The van der Waals surface area contributed by atoms with Crippen LogP contribution in [0.1, 0.15) is 12.5 Å². The van der Waals surface area contributed by atoms with E-state index in [1.807, 2.05) is 37.3 Å². The molecule has 0 atom stereocenters. The van der Waals surface area contributed by atoms with Gasteiger partial charge in [0.1, 0.15) is 0 Å². The number of sulfonamides is 1. The van der Waals surface area contributed by atoms with E-state index in [1.54, 1.807) is 13.0 Å². The third-order valence-corrected chi connectivity index (χ3v) is 4.18. The molecule has 4 heteroatoms. The van der Waals surface area contributed by atoms with Crippen molar-refractivity contribution >= 4 is 20.8 Å². The molecule has 90 valence electrons. The van der Waals surface area contributed by atoms with Gasteiger partial charge in [0, 0.05) is 11.9 Å². The molecule has 0 aliphatic carbocycles. The first-order chi connectivity index (χ1) is 8.04. The summed E-state index contributed by atoms with van der Waals surface area (Å²) in [5.74, 6) is 0. The molecule has 2 aromatic carbocycles. The third kappa shape index (κ3) is 2.33. The van der Waals surface area contributed by atoms with E-state index in [9.17, 15) is 8.42 Å². The van der Waals surface area contributed by atoms with Crippen molar-refractivity contribution in [2.45, 2.75) is 18.7 Å². The highest BCUT2D eigenvalue weighted by molar-refractivity contribution is 7.89. The van der Waals surface area contributed by atoms with Crippen LogP contribution in [0.25, 0.3) is 10.8 Å². The maximum absolute atomic E-state index is 12.1. The Morgan fingerprint density at radius 2 is 1.88 bits per heavy atom. The second-order valence-corrected chi connectivity index (χ2v) is 5.72. The van der Waals surface area contributed by atoms with Crippen LogP contribution in [-0.2, 0) is 10.0 Å². The predicted molar refractivity (Wildman–Crippen MR) is 69.5 cm³/mol. The Morgan fingerprint density at radius 1 is 1.18 bits per heavy atom. The van der Waals surface area contributed by atoms with Crippen molar-refractivity contribution in [2.75, 3.05) is 6.54 Å². The number of aryl methyl sites for hydroxylation is 1. The van der Waals surface area contributed by atoms with Gasteiger partial charge in [-0.1, -0.05) is 37.3 Å². The maximum Gasteiger partial charge on any atom is 0.241 e. The van der Waals surface area contributed by atoms with Crippen LogP contribution in [0.3, 0.4) is 0 Å². The average molecular weight is 249 g/mol. The first kappa shape index (κ1) is 12.1. The molecular weight excluding hydrogens is 234 g/mol. The fraction of sp³-hybridized carbons (Fsp3) is 0.231. The van der Waals surface area contributed by atoms with Gasteiger partial charge in [0.05, 0.1) is 4.90 Å². The first-order valence-electron chi connectivity index (χ1n) is 5.53. The van der Waals surface area contributed by atoms with E-state index in [2.05, 4.69) is 4.72 Å². The Labute approximate surface area is 102 Å². The van der Waals surface area contributed by atoms with Gasteiger partial charge in [0.2, 0.25) is 10.0 Å². The summed E-state index contributed by atoms with van der Waals surface area (Å²) in [6.07, 6.45) is 0. The molecule has 0 spiro atoms. The molecular formula is C13H15NO2S. The maximum atomic E-state index is 12.1. The van der Waals surface area contributed by atoms with Crippen molar-refractivity contribution in [1.29, 1.82) is 0 Å². The summed E-state index contributed by atoms with van der Waals surface area (Å²) in [6, 6.07) is 11.2. The molecule has 3 nitrogen and oxygen atoms in total. The van der Waals surface area contributed by atoms with Gasteiger partial charge in [0.25, 0.3) is 0 Å². The highest BCUT2D eigenvalue weighted by Crippen LogP contribution is 2.24. The van der Waals surface area contributed by atoms with Gasteiger partial charge in [-0.05, 0) is 23.9 Å². The molecule has 17 heavy (non-hydrogen) atoms. The molecule has 0 aliphatic heterocycles. The Hall–Kier alpha value is -1.39. The van der Waals surface area contributed by atoms with Crippen LogP contribution in [0.2, 0.25) is 0 Å². The summed E-state index contributed by atoms with van der Waals surface area (Å²) in [4.78, 5) is 0.356. The largest absolute Gasteiger partial charge is 0.241 e. The number of rotatable bonds is 3. The van der Waals surface area contributed by atoms with Crippen LogP contribution in [0.5, 0.6) is 0 Å². The van der Waals surface area contributed by atoms with Gasteiger partial charge in [-0.15, -0.1) is 0 Å². The number of nitrogens with one attached hydrogen (secondary N) is 1. The van der Waals surface area contributed by atoms with E-state index in [-0.39, 0.29) is 0 Å². The molecule has 0 saturated heterocycles. The van der Waals surface area contributed by atoms with Crippen molar-refractivity contribution in [1.82, 2.24) is 4.72 Å². The van der Waals surface area contributed by atoms with E-state index in [1.165, 1.54) is 0 Å². The van der Waals surface area contributed by atoms with E-state index in [0.717, 1.165) is 16.3 Å². The second kappa shape index (κ2) is 4.47. The molecule has 0 radical (unpaired) electrons.